The zero-order chi connectivity index (χ0) is 22.7. The van der Waals surface area contributed by atoms with Gasteiger partial charge in [-0.3, -0.25) is 10.1 Å². The summed E-state index contributed by atoms with van der Waals surface area (Å²) < 4.78 is 12.7. The van der Waals surface area contributed by atoms with Gasteiger partial charge < -0.3 is 14.0 Å². The Bertz CT molecular complexity index is 1150. The molecule has 170 valence electrons. The Kier molecular flexibility index (Phi) is 7.12. The van der Waals surface area contributed by atoms with Crippen LogP contribution < -0.4 is 5.32 Å². The van der Waals surface area contributed by atoms with Crippen molar-refractivity contribution < 1.29 is 19.1 Å². The molecular weight excluding hydrogens is 448 g/mol. The number of aryl methyl sites for hydroxylation is 3. The predicted molar refractivity (Wildman–Crippen MR) is 126 cm³/mol. The van der Waals surface area contributed by atoms with Gasteiger partial charge in [-0.25, -0.2) is 14.8 Å². The van der Waals surface area contributed by atoms with E-state index in [4.69, 9.17) is 14.5 Å². The molecule has 3 heterocycles. The van der Waals surface area contributed by atoms with Gasteiger partial charge in [0.1, 0.15) is 4.88 Å². The quantitative estimate of drug-likeness (QED) is 0.563. The molecule has 0 fully saturated rings. The molecular formula is C22H26N4O4S2. The number of imidazole rings is 1. The van der Waals surface area contributed by atoms with Crippen LogP contribution in [0.1, 0.15) is 50.5 Å². The van der Waals surface area contributed by atoms with E-state index in [1.807, 2.05) is 24.5 Å². The molecule has 0 atom stereocenters. The average Bonchev–Trinajstić information content (AvgIpc) is 3.32. The molecule has 0 bridgehead atoms. The van der Waals surface area contributed by atoms with Crippen LogP contribution in [-0.2, 0) is 22.4 Å². The fourth-order valence-electron chi connectivity index (χ4n) is 3.70. The third-order valence-corrected chi connectivity index (χ3v) is 7.29. The van der Waals surface area contributed by atoms with Crippen LogP contribution in [0.25, 0.3) is 11.0 Å². The number of ether oxygens (including phenoxy) is 2. The molecule has 3 aromatic rings. The molecule has 0 radical (unpaired) electrons. The molecule has 10 heteroatoms. The summed E-state index contributed by atoms with van der Waals surface area (Å²) in [5, 5.41) is 3.85. The lowest BCUT2D eigenvalue weighted by atomic mass is 10.2. The van der Waals surface area contributed by atoms with E-state index in [0.717, 1.165) is 39.7 Å². The van der Waals surface area contributed by atoms with Crippen molar-refractivity contribution in [3.05, 3.63) is 33.3 Å². The van der Waals surface area contributed by atoms with Crippen LogP contribution in [0.3, 0.4) is 0 Å². The van der Waals surface area contributed by atoms with E-state index in [2.05, 4.69) is 10.3 Å². The van der Waals surface area contributed by atoms with Gasteiger partial charge in [0, 0.05) is 30.4 Å². The van der Waals surface area contributed by atoms with Crippen molar-refractivity contribution in [2.75, 3.05) is 31.4 Å². The van der Waals surface area contributed by atoms with Crippen LogP contribution in [0.4, 0.5) is 5.95 Å². The number of nitrogens with zero attached hydrogens (tertiary/aromatic N) is 3. The molecule has 4 rings (SSSR count). The molecule has 1 aliphatic rings. The minimum atomic E-state index is -0.408. The number of aromatic nitrogens is 3. The van der Waals surface area contributed by atoms with E-state index in [1.165, 1.54) is 18.4 Å². The van der Waals surface area contributed by atoms with Crippen molar-refractivity contribution in [3.63, 3.8) is 0 Å². The van der Waals surface area contributed by atoms with Crippen molar-refractivity contribution in [2.45, 2.75) is 44.6 Å². The highest BCUT2D eigenvalue weighted by Gasteiger charge is 2.22. The third-order valence-electron chi connectivity index (χ3n) is 5.16. The van der Waals surface area contributed by atoms with E-state index < -0.39 is 5.97 Å². The van der Waals surface area contributed by atoms with Gasteiger partial charge in [-0.05, 0) is 38.3 Å². The summed E-state index contributed by atoms with van der Waals surface area (Å²) in [5.41, 5.74) is 2.80. The maximum atomic E-state index is 13.1. The van der Waals surface area contributed by atoms with Gasteiger partial charge in [0.05, 0.1) is 34.4 Å². The molecule has 0 aliphatic carbocycles. The maximum absolute atomic E-state index is 13.1. The zero-order valence-corrected chi connectivity index (χ0v) is 20.0. The van der Waals surface area contributed by atoms with Gasteiger partial charge in [-0.2, -0.15) is 0 Å². The number of anilines is 1. The van der Waals surface area contributed by atoms with E-state index in [9.17, 15) is 9.59 Å². The van der Waals surface area contributed by atoms with Crippen LogP contribution in [0.15, 0.2) is 17.0 Å². The molecule has 1 amide bonds. The number of hydrogen-bond donors (Lipinski definition) is 1. The smallest absolute Gasteiger partial charge is 0.337 e. The normalized spacial score (nSPS) is 14.7. The Morgan fingerprint density at radius 3 is 2.84 bits per heavy atom. The molecule has 0 spiro atoms. The van der Waals surface area contributed by atoms with Gasteiger partial charge in [0.2, 0.25) is 5.95 Å². The standard InChI is InChI=1S/C22H26N4O4S2/c1-4-15-19(32-13(2)23-15)20(27)25-22-24-16-11-14(21(28)29-3)12-17-18(16)26(22)7-5-8-30-9-6-10-31-17/h11-12H,4-10H2,1-3H3,(H,24,25,27). The highest BCUT2D eigenvalue weighted by Crippen LogP contribution is 2.33. The summed E-state index contributed by atoms with van der Waals surface area (Å²) in [6, 6.07) is 3.57. The largest absolute Gasteiger partial charge is 0.465 e. The fraction of sp³-hybridized carbons (Fsp3) is 0.455. The van der Waals surface area contributed by atoms with E-state index in [0.29, 0.717) is 48.1 Å². The van der Waals surface area contributed by atoms with Crippen molar-refractivity contribution in [3.8, 4) is 0 Å². The maximum Gasteiger partial charge on any atom is 0.337 e. The summed E-state index contributed by atoms with van der Waals surface area (Å²) in [5.74, 6) is 0.689. The Balaban J connectivity index is 1.80. The van der Waals surface area contributed by atoms with Crippen molar-refractivity contribution in [1.82, 2.24) is 14.5 Å². The minimum absolute atomic E-state index is 0.216. The lowest BCUT2D eigenvalue weighted by Crippen LogP contribution is -2.17. The lowest BCUT2D eigenvalue weighted by molar-refractivity contribution is 0.0600. The number of esters is 1. The second kappa shape index (κ2) is 10.0. The Labute approximate surface area is 194 Å². The number of benzene rings is 1. The average molecular weight is 475 g/mol. The first-order valence-corrected chi connectivity index (χ1v) is 12.4. The number of thioether (sulfide) groups is 1. The van der Waals surface area contributed by atoms with Crippen LogP contribution in [0.5, 0.6) is 0 Å². The van der Waals surface area contributed by atoms with Gasteiger partial charge in [0.15, 0.2) is 0 Å². The van der Waals surface area contributed by atoms with Crippen molar-refractivity contribution >= 4 is 52.0 Å². The van der Waals surface area contributed by atoms with Gasteiger partial charge in [-0.1, -0.05) is 6.92 Å². The zero-order valence-electron chi connectivity index (χ0n) is 18.4. The number of methoxy groups -OCH3 is 1. The minimum Gasteiger partial charge on any atom is -0.465 e. The number of carbonyl (C=O) groups excluding carboxylic acids is 2. The Morgan fingerprint density at radius 2 is 2.06 bits per heavy atom. The molecule has 1 aromatic carbocycles. The number of thiazole rings is 1. The number of carbonyl (C=O) groups is 2. The Hall–Kier alpha value is -2.43. The molecule has 1 N–H and O–H groups in total. The number of rotatable bonds is 4. The topological polar surface area (TPSA) is 95.3 Å². The molecule has 0 unspecified atom stereocenters. The van der Waals surface area contributed by atoms with Crippen LogP contribution in [-0.4, -0.2) is 52.5 Å². The highest BCUT2D eigenvalue weighted by molar-refractivity contribution is 7.99. The van der Waals surface area contributed by atoms with Crippen LogP contribution >= 0.6 is 23.1 Å². The monoisotopic (exact) mass is 474 g/mol. The van der Waals surface area contributed by atoms with Gasteiger partial charge >= 0.3 is 5.97 Å². The fourth-order valence-corrected chi connectivity index (χ4v) is 5.65. The van der Waals surface area contributed by atoms with E-state index in [-0.39, 0.29) is 5.91 Å². The van der Waals surface area contributed by atoms with E-state index in [1.54, 1.807) is 17.8 Å². The number of nitrogens with one attached hydrogen (secondary N) is 1. The second-order valence-corrected chi connectivity index (χ2v) is 9.75. The third kappa shape index (κ3) is 4.67. The summed E-state index contributed by atoms with van der Waals surface area (Å²) in [4.78, 5) is 36.1. The molecule has 8 nitrogen and oxygen atoms in total. The summed E-state index contributed by atoms with van der Waals surface area (Å²) in [6.45, 7) is 5.87. The summed E-state index contributed by atoms with van der Waals surface area (Å²) in [6.07, 6.45) is 2.39. The SMILES string of the molecule is CCc1nc(C)sc1C(=O)Nc1nc2cc(C(=O)OC)cc3c2n1CCCOCCCS3. The first-order valence-electron chi connectivity index (χ1n) is 10.6. The predicted octanol–water partition coefficient (Wildman–Crippen LogP) is 4.31. The second-order valence-electron chi connectivity index (χ2n) is 7.41. The van der Waals surface area contributed by atoms with Gasteiger partial charge in [-0.15, -0.1) is 23.1 Å². The molecule has 1 aliphatic heterocycles. The number of amides is 1. The summed E-state index contributed by atoms with van der Waals surface area (Å²) >= 11 is 3.04. The molecule has 32 heavy (non-hydrogen) atoms. The first-order chi connectivity index (χ1) is 15.5. The number of hydrogen-bond acceptors (Lipinski definition) is 8. The van der Waals surface area contributed by atoms with Crippen LogP contribution in [0, 0.1) is 6.92 Å². The van der Waals surface area contributed by atoms with Crippen molar-refractivity contribution in [2.24, 2.45) is 0 Å². The van der Waals surface area contributed by atoms with E-state index >= 15 is 0 Å². The summed E-state index contributed by atoms with van der Waals surface area (Å²) in [7, 11) is 1.37. The molecule has 0 saturated carbocycles. The Morgan fingerprint density at radius 1 is 1.25 bits per heavy atom. The van der Waals surface area contributed by atoms with Crippen LogP contribution in [0.2, 0.25) is 0 Å². The first kappa shape index (κ1) is 22.8. The molecule has 2 aromatic heterocycles. The van der Waals surface area contributed by atoms with Gasteiger partial charge in [0.25, 0.3) is 5.91 Å². The molecule has 0 saturated heterocycles. The highest BCUT2D eigenvalue weighted by atomic mass is 32.2. The lowest BCUT2D eigenvalue weighted by Gasteiger charge is -2.12. The van der Waals surface area contributed by atoms with Crippen molar-refractivity contribution in [1.29, 1.82) is 0 Å².